The quantitative estimate of drug-likeness (QED) is 0.0307. The van der Waals surface area contributed by atoms with Crippen LogP contribution >= 0.6 is 0 Å². The lowest BCUT2D eigenvalue weighted by molar-refractivity contribution is -0.144. The molecule has 0 radical (unpaired) electrons. The van der Waals surface area contributed by atoms with Gasteiger partial charge in [-0.2, -0.15) is 0 Å². The molecule has 76 heavy (non-hydrogen) atoms. The Hall–Kier alpha value is -7.95. The fourth-order valence-corrected chi connectivity index (χ4v) is 7.08. The molecule has 0 saturated carbocycles. The molecule has 0 aliphatic rings. The molecule has 0 unspecified atom stereocenters. The molecule has 11 atom stereocenters. The molecule has 1 rings (SSSR count). The Morgan fingerprint density at radius 3 is 1.37 bits per heavy atom. The highest BCUT2D eigenvalue weighted by molar-refractivity contribution is 6.00. The number of aliphatic carboxylic acids is 2. The van der Waals surface area contributed by atoms with Crippen LogP contribution in [0, 0.1) is 17.8 Å². The number of phenolic OH excluding ortho intramolecular Hbond substituents is 1. The summed E-state index contributed by atoms with van der Waals surface area (Å²) < 4.78 is 0. The van der Waals surface area contributed by atoms with Gasteiger partial charge in [-0.05, 0) is 48.8 Å². The van der Waals surface area contributed by atoms with Crippen molar-refractivity contribution in [2.75, 3.05) is 13.2 Å². The average molecular weight is 1080 g/mol. The molecule has 0 aromatic heterocycles. The summed E-state index contributed by atoms with van der Waals surface area (Å²) in [4.78, 5) is 168. The number of carbonyl (C=O) groups excluding carboxylic acids is 11. The van der Waals surface area contributed by atoms with Gasteiger partial charge in [-0.3, -0.25) is 57.5 Å². The van der Waals surface area contributed by atoms with E-state index in [4.69, 9.17) is 17.2 Å². The van der Waals surface area contributed by atoms with Gasteiger partial charge in [-0.25, -0.2) is 4.79 Å². The Morgan fingerprint density at radius 1 is 0.500 bits per heavy atom. The van der Waals surface area contributed by atoms with E-state index < -0.39 is 176 Å². The van der Waals surface area contributed by atoms with Gasteiger partial charge >= 0.3 is 11.9 Å². The number of benzene rings is 1. The number of amides is 11. The highest BCUT2D eigenvalue weighted by Gasteiger charge is 2.37. The first-order valence-electron chi connectivity index (χ1n) is 24.3. The van der Waals surface area contributed by atoms with Crippen molar-refractivity contribution in [1.29, 1.82) is 0 Å². The van der Waals surface area contributed by atoms with E-state index in [2.05, 4.69) is 47.9 Å². The molecule has 29 nitrogen and oxygen atoms in total. The summed E-state index contributed by atoms with van der Waals surface area (Å²) in [6.45, 7) is 9.46. The van der Waals surface area contributed by atoms with Crippen molar-refractivity contribution in [2.24, 2.45) is 35.0 Å². The SMILES string of the molecule is CC[C@H](C)[C@H](NC(=O)CN)C(=O)N[C@@H](CC(=O)O)C(=O)N[C@@H](CC(C)C)C(=O)N[C@@H](CO)C(=O)N[C@@H](CC(N)=O)C(=O)N[C@@H](Cc1ccc(O)cc1)C(=O)N[C@@H](C)C(=O)N[C@H](C(=O)N[C@@H](CC(N)=O)C(=O)O)[C@@H](C)CC. The monoisotopic (exact) mass is 1080 g/mol. The number of phenols is 1. The van der Waals surface area contributed by atoms with Gasteiger partial charge in [0.2, 0.25) is 65.0 Å². The number of primary amides is 2. The van der Waals surface area contributed by atoms with E-state index in [1.807, 2.05) is 0 Å². The second-order valence-corrected chi connectivity index (χ2v) is 18.6. The summed E-state index contributed by atoms with van der Waals surface area (Å²) in [5.41, 5.74) is 16.3. The van der Waals surface area contributed by atoms with E-state index in [1.165, 1.54) is 31.2 Å². The zero-order valence-electron chi connectivity index (χ0n) is 43.4. The first-order valence-corrected chi connectivity index (χ1v) is 24.3. The van der Waals surface area contributed by atoms with E-state index in [9.17, 15) is 82.8 Å². The molecule has 0 bridgehead atoms. The third-order valence-electron chi connectivity index (χ3n) is 11.8. The number of carbonyl (C=O) groups is 13. The molecular weight excluding hydrogens is 1000 g/mol. The maximum absolute atomic E-state index is 13.9. The fraction of sp³-hybridized carbons (Fsp3) is 0.596. The minimum Gasteiger partial charge on any atom is -0.508 e. The number of hydrogen-bond donors (Lipinski definition) is 16. The van der Waals surface area contributed by atoms with Gasteiger partial charge in [0.15, 0.2) is 0 Å². The number of rotatable bonds is 34. The molecule has 19 N–H and O–H groups in total. The molecule has 1 aromatic carbocycles. The third-order valence-corrected chi connectivity index (χ3v) is 11.8. The summed E-state index contributed by atoms with van der Waals surface area (Å²) >= 11 is 0. The van der Waals surface area contributed by atoms with Crippen LogP contribution in [0.3, 0.4) is 0 Å². The fourth-order valence-electron chi connectivity index (χ4n) is 7.08. The predicted octanol–water partition coefficient (Wildman–Crippen LogP) is -5.28. The lowest BCUT2D eigenvalue weighted by Crippen LogP contribution is -2.61. The second-order valence-electron chi connectivity index (χ2n) is 18.6. The van der Waals surface area contributed by atoms with Crippen molar-refractivity contribution < 1.29 is 82.8 Å². The van der Waals surface area contributed by atoms with Crippen LogP contribution in [0.15, 0.2) is 24.3 Å². The number of aliphatic hydroxyl groups is 1. The van der Waals surface area contributed by atoms with Crippen molar-refractivity contribution in [3.8, 4) is 5.75 Å². The van der Waals surface area contributed by atoms with Gasteiger partial charge in [0.25, 0.3) is 0 Å². The van der Waals surface area contributed by atoms with Gasteiger partial charge in [-0.15, -0.1) is 0 Å². The topological polar surface area (TPSA) is 489 Å². The van der Waals surface area contributed by atoms with Crippen LogP contribution in [0.4, 0.5) is 0 Å². The summed E-state index contributed by atoms with van der Waals surface area (Å²) in [5, 5.41) is 60.1. The van der Waals surface area contributed by atoms with Crippen molar-refractivity contribution in [3.63, 3.8) is 0 Å². The molecule has 0 aliphatic carbocycles. The zero-order valence-corrected chi connectivity index (χ0v) is 43.4. The zero-order chi connectivity index (χ0) is 58.1. The second kappa shape index (κ2) is 32.4. The van der Waals surface area contributed by atoms with E-state index in [0.717, 1.165) is 0 Å². The number of hydrogen-bond acceptors (Lipinski definition) is 16. The summed E-state index contributed by atoms with van der Waals surface area (Å²) in [6.07, 6.45) is -2.48. The largest absolute Gasteiger partial charge is 0.508 e. The number of nitrogens with one attached hydrogen (secondary N) is 9. The number of aliphatic hydroxyl groups excluding tert-OH is 1. The van der Waals surface area contributed by atoms with E-state index in [1.54, 1.807) is 41.5 Å². The van der Waals surface area contributed by atoms with Crippen molar-refractivity contribution in [1.82, 2.24) is 47.9 Å². The number of carboxylic acids is 2. The van der Waals surface area contributed by atoms with Crippen LogP contribution in [-0.2, 0) is 68.7 Å². The molecule has 0 heterocycles. The minimum atomic E-state index is -1.91. The molecular formula is C47H74N12O17. The van der Waals surface area contributed by atoms with E-state index >= 15 is 0 Å². The average Bonchev–Trinajstić information content (AvgIpc) is 3.34. The Morgan fingerprint density at radius 2 is 0.908 bits per heavy atom. The maximum Gasteiger partial charge on any atom is 0.326 e. The molecule has 424 valence electrons. The summed E-state index contributed by atoms with van der Waals surface area (Å²) in [7, 11) is 0. The molecule has 0 saturated heterocycles. The Bertz CT molecular complexity index is 2250. The van der Waals surface area contributed by atoms with Gasteiger partial charge in [0, 0.05) is 6.42 Å². The lowest BCUT2D eigenvalue weighted by atomic mass is 9.97. The lowest BCUT2D eigenvalue weighted by Gasteiger charge is -2.28. The summed E-state index contributed by atoms with van der Waals surface area (Å²) in [5.74, 6) is -16.3. The van der Waals surface area contributed by atoms with Crippen LogP contribution in [0.2, 0.25) is 0 Å². The maximum atomic E-state index is 13.9. The highest BCUT2D eigenvalue weighted by atomic mass is 16.4. The Kier molecular flexibility index (Phi) is 28.1. The first kappa shape index (κ1) is 66.1. The molecule has 11 amide bonds. The number of nitrogens with two attached hydrogens (primary N) is 3. The van der Waals surface area contributed by atoms with Crippen LogP contribution < -0.4 is 65.1 Å². The minimum absolute atomic E-state index is 0.149. The van der Waals surface area contributed by atoms with Crippen LogP contribution in [0.1, 0.15) is 92.6 Å². The van der Waals surface area contributed by atoms with Crippen LogP contribution in [-0.4, -0.2) is 165 Å². The van der Waals surface area contributed by atoms with Crippen molar-refractivity contribution >= 4 is 76.9 Å². The van der Waals surface area contributed by atoms with Gasteiger partial charge in [0.1, 0.15) is 60.1 Å². The highest BCUT2D eigenvalue weighted by Crippen LogP contribution is 2.14. The molecule has 0 fully saturated rings. The van der Waals surface area contributed by atoms with Crippen molar-refractivity contribution in [2.45, 2.75) is 148 Å². The molecule has 0 spiro atoms. The first-order chi connectivity index (χ1) is 35.5. The number of carboxylic acid groups (broad SMARTS) is 2. The molecule has 29 heteroatoms. The summed E-state index contributed by atoms with van der Waals surface area (Å²) in [6, 6.07) is -9.29. The smallest absolute Gasteiger partial charge is 0.326 e. The molecule has 1 aromatic rings. The Balaban J connectivity index is 3.45. The predicted molar refractivity (Wildman–Crippen MR) is 267 cm³/mol. The van der Waals surface area contributed by atoms with Gasteiger partial charge in [0.05, 0.1) is 32.4 Å². The van der Waals surface area contributed by atoms with Crippen molar-refractivity contribution in [3.05, 3.63) is 29.8 Å². The number of aromatic hydroxyl groups is 1. The van der Waals surface area contributed by atoms with E-state index in [0.29, 0.717) is 12.0 Å². The van der Waals surface area contributed by atoms with Crippen LogP contribution in [0.25, 0.3) is 0 Å². The van der Waals surface area contributed by atoms with E-state index in [-0.39, 0.29) is 30.9 Å². The Labute approximate surface area is 438 Å². The molecule has 0 aliphatic heterocycles. The third kappa shape index (κ3) is 23.1. The normalized spacial score (nSPS) is 15.3. The van der Waals surface area contributed by atoms with Crippen LogP contribution in [0.5, 0.6) is 5.75 Å². The standard InChI is InChI=1S/C47H74N12O17/c1-8-22(5)37(58-35(64)19-48)45(73)55-30(18-36(65)66)43(71)52-27(14-21(3)4)41(69)57-32(20-60)44(72)54-29(16-33(49)62)42(70)53-28(15-25-10-12-26(61)13-11-25)40(68)51-24(7)39(67)59-38(23(6)9-2)46(74)56-31(47(75)76)17-34(50)63/h10-13,21-24,27-32,37-38,60-61H,8-9,14-20,48H2,1-7H3,(H2,49,62)(H2,50,63)(H,51,68)(H,52,71)(H,53,70)(H,54,72)(H,55,73)(H,56,74)(H,57,69)(H,58,64)(H,59,67)(H,65,66)(H,75,76)/t22-,23-,24-,27-,28-,29-,30-,31-,32-,37-,38-/m0/s1. The van der Waals surface area contributed by atoms with Gasteiger partial charge < -0.3 is 85.5 Å². The van der Waals surface area contributed by atoms with Gasteiger partial charge in [-0.1, -0.05) is 66.5 Å².